The average molecular weight is 277 g/mol. The molecule has 5 heteroatoms. The van der Waals surface area contributed by atoms with Gasteiger partial charge in [-0.15, -0.1) is 0 Å². The molecule has 110 valence electrons. The van der Waals surface area contributed by atoms with E-state index in [-0.39, 0.29) is 12.5 Å². The van der Waals surface area contributed by atoms with Gasteiger partial charge in [0.2, 0.25) is 0 Å². The number of methoxy groups -OCH3 is 1. The van der Waals surface area contributed by atoms with Crippen molar-refractivity contribution in [1.29, 1.82) is 0 Å². The lowest BCUT2D eigenvalue weighted by atomic mass is 10.1. The molecule has 2 N–H and O–H groups in total. The van der Waals surface area contributed by atoms with E-state index in [0.29, 0.717) is 5.92 Å². The SMILES string of the molecule is CC[C@@H](C)/C(C)=N\NC(=O)CNc1cccc(OC)c1. The summed E-state index contributed by atoms with van der Waals surface area (Å²) in [5.41, 5.74) is 4.32. The molecule has 1 aromatic carbocycles. The quantitative estimate of drug-likeness (QED) is 0.595. The number of hydrogen-bond donors (Lipinski definition) is 2. The maximum atomic E-state index is 11.7. The number of amides is 1. The van der Waals surface area contributed by atoms with Gasteiger partial charge in [0.25, 0.3) is 5.91 Å². The first-order valence-electron chi connectivity index (χ1n) is 6.77. The summed E-state index contributed by atoms with van der Waals surface area (Å²) in [4.78, 5) is 11.7. The third kappa shape index (κ3) is 5.30. The van der Waals surface area contributed by atoms with Crippen LogP contribution in [0.15, 0.2) is 29.4 Å². The second kappa shape index (κ2) is 8.19. The molecule has 20 heavy (non-hydrogen) atoms. The molecule has 0 saturated heterocycles. The number of nitrogens with zero attached hydrogens (tertiary/aromatic N) is 1. The molecule has 0 aromatic heterocycles. The standard InChI is InChI=1S/C15H23N3O2/c1-5-11(2)12(3)17-18-15(19)10-16-13-7-6-8-14(9-13)20-4/h6-9,11,16H,5,10H2,1-4H3,(H,18,19)/b17-12-/t11-/m1/s1. The molecule has 0 aliphatic rings. The Hall–Kier alpha value is -2.04. The molecule has 0 saturated carbocycles. The number of benzene rings is 1. The van der Waals surface area contributed by atoms with Gasteiger partial charge in [0, 0.05) is 17.5 Å². The van der Waals surface area contributed by atoms with Crippen molar-refractivity contribution in [3.8, 4) is 5.75 Å². The maximum absolute atomic E-state index is 11.7. The molecule has 0 aliphatic carbocycles. The minimum Gasteiger partial charge on any atom is -0.497 e. The minimum atomic E-state index is -0.171. The molecule has 0 spiro atoms. The van der Waals surface area contributed by atoms with Crippen molar-refractivity contribution >= 4 is 17.3 Å². The number of ether oxygens (including phenoxy) is 1. The summed E-state index contributed by atoms with van der Waals surface area (Å²) in [6.45, 7) is 6.27. The zero-order chi connectivity index (χ0) is 15.0. The van der Waals surface area contributed by atoms with E-state index in [4.69, 9.17) is 4.74 Å². The van der Waals surface area contributed by atoms with Crippen LogP contribution in [0.3, 0.4) is 0 Å². The number of anilines is 1. The van der Waals surface area contributed by atoms with Crippen molar-refractivity contribution < 1.29 is 9.53 Å². The zero-order valence-corrected chi connectivity index (χ0v) is 12.6. The van der Waals surface area contributed by atoms with Crippen LogP contribution < -0.4 is 15.5 Å². The van der Waals surface area contributed by atoms with E-state index in [1.807, 2.05) is 31.2 Å². The van der Waals surface area contributed by atoms with Crippen LogP contribution in [-0.2, 0) is 4.79 Å². The van der Waals surface area contributed by atoms with Crippen LogP contribution in [0.4, 0.5) is 5.69 Å². The molecule has 0 aliphatic heterocycles. The van der Waals surface area contributed by atoms with Gasteiger partial charge in [-0.25, -0.2) is 5.43 Å². The molecule has 1 rings (SSSR count). The van der Waals surface area contributed by atoms with Crippen LogP contribution in [-0.4, -0.2) is 25.3 Å². The summed E-state index contributed by atoms with van der Waals surface area (Å²) in [7, 11) is 1.61. The molecule has 0 bridgehead atoms. The minimum absolute atomic E-state index is 0.171. The Morgan fingerprint density at radius 1 is 1.45 bits per heavy atom. The second-order valence-corrected chi connectivity index (χ2v) is 4.68. The summed E-state index contributed by atoms with van der Waals surface area (Å²) in [6.07, 6.45) is 1.01. The summed E-state index contributed by atoms with van der Waals surface area (Å²) in [5.74, 6) is 0.957. The molecule has 0 heterocycles. The van der Waals surface area contributed by atoms with Crippen LogP contribution in [0.2, 0.25) is 0 Å². The lowest BCUT2D eigenvalue weighted by molar-refractivity contribution is -0.119. The van der Waals surface area contributed by atoms with E-state index in [9.17, 15) is 4.79 Å². The van der Waals surface area contributed by atoms with Gasteiger partial charge in [-0.1, -0.05) is 19.9 Å². The molecule has 1 atom stereocenters. The van der Waals surface area contributed by atoms with Crippen molar-refractivity contribution in [2.24, 2.45) is 11.0 Å². The number of hydrazone groups is 1. The topological polar surface area (TPSA) is 62.7 Å². The van der Waals surface area contributed by atoms with Gasteiger partial charge in [-0.05, 0) is 31.4 Å². The fraction of sp³-hybridized carbons (Fsp3) is 0.467. The molecule has 0 fully saturated rings. The normalized spacial score (nSPS) is 12.7. The van der Waals surface area contributed by atoms with E-state index in [1.165, 1.54) is 0 Å². The van der Waals surface area contributed by atoms with Crippen molar-refractivity contribution in [2.45, 2.75) is 27.2 Å². The van der Waals surface area contributed by atoms with Gasteiger partial charge in [0.15, 0.2) is 0 Å². The Kier molecular flexibility index (Phi) is 6.56. The monoisotopic (exact) mass is 277 g/mol. The molecule has 5 nitrogen and oxygen atoms in total. The lowest BCUT2D eigenvalue weighted by Crippen LogP contribution is -2.27. The molecule has 0 radical (unpaired) electrons. The van der Waals surface area contributed by atoms with Crippen LogP contribution >= 0.6 is 0 Å². The van der Waals surface area contributed by atoms with Gasteiger partial charge >= 0.3 is 0 Å². The predicted molar refractivity (Wildman–Crippen MR) is 82.2 cm³/mol. The Morgan fingerprint density at radius 3 is 2.85 bits per heavy atom. The Labute approximate surface area is 120 Å². The maximum Gasteiger partial charge on any atom is 0.259 e. The molecular formula is C15H23N3O2. The fourth-order valence-electron chi connectivity index (χ4n) is 1.51. The summed E-state index contributed by atoms with van der Waals surface area (Å²) >= 11 is 0. The molecule has 0 unspecified atom stereocenters. The number of nitrogens with one attached hydrogen (secondary N) is 2. The highest BCUT2D eigenvalue weighted by Crippen LogP contribution is 2.16. The number of carbonyl (C=O) groups excluding carboxylic acids is 1. The van der Waals surface area contributed by atoms with Gasteiger partial charge < -0.3 is 10.1 Å². The van der Waals surface area contributed by atoms with E-state index in [0.717, 1.165) is 23.6 Å². The van der Waals surface area contributed by atoms with Crippen LogP contribution in [0.25, 0.3) is 0 Å². The summed E-state index contributed by atoms with van der Waals surface area (Å²) < 4.78 is 5.12. The Bertz CT molecular complexity index is 472. The van der Waals surface area contributed by atoms with Crippen molar-refractivity contribution in [3.63, 3.8) is 0 Å². The van der Waals surface area contributed by atoms with E-state index in [2.05, 4.69) is 29.7 Å². The molecular weight excluding hydrogens is 254 g/mol. The van der Waals surface area contributed by atoms with Crippen molar-refractivity contribution in [1.82, 2.24) is 5.43 Å². The highest BCUT2D eigenvalue weighted by Gasteiger charge is 2.04. The summed E-state index contributed by atoms with van der Waals surface area (Å²) in [6, 6.07) is 7.43. The number of hydrogen-bond acceptors (Lipinski definition) is 4. The van der Waals surface area contributed by atoms with Gasteiger partial charge in [0.05, 0.1) is 13.7 Å². The van der Waals surface area contributed by atoms with Crippen molar-refractivity contribution in [3.05, 3.63) is 24.3 Å². The molecule has 1 amide bonds. The Morgan fingerprint density at radius 2 is 2.20 bits per heavy atom. The highest BCUT2D eigenvalue weighted by molar-refractivity contribution is 5.87. The average Bonchev–Trinajstić information content (AvgIpc) is 2.49. The lowest BCUT2D eigenvalue weighted by Gasteiger charge is -2.09. The first-order valence-corrected chi connectivity index (χ1v) is 6.77. The highest BCUT2D eigenvalue weighted by atomic mass is 16.5. The predicted octanol–water partition coefficient (Wildman–Crippen LogP) is 2.65. The van der Waals surface area contributed by atoms with Crippen LogP contribution in [0.1, 0.15) is 27.2 Å². The summed E-state index contributed by atoms with van der Waals surface area (Å²) in [5, 5.41) is 7.12. The molecule has 1 aromatic rings. The third-order valence-corrected chi connectivity index (χ3v) is 3.21. The second-order valence-electron chi connectivity index (χ2n) is 4.68. The van der Waals surface area contributed by atoms with Crippen LogP contribution in [0.5, 0.6) is 5.75 Å². The van der Waals surface area contributed by atoms with E-state index < -0.39 is 0 Å². The van der Waals surface area contributed by atoms with Gasteiger partial charge in [-0.3, -0.25) is 4.79 Å². The van der Waals surface area contributed by atoms with E-state index in [1.54, 1.807) is 7.11 Å². The van der Waals surface area contributed by atoms with E-state index >= 15 is 0 Å². The smallest absolute Gasteiger partial charge is 0.259 e. The largest absolute Gasteiger partial charge is 0.497 e. The van der Waals surface area contributed by atoms with Crippen LogP contribution in [0, 0.1) is 5.92 Å². The number of carbonyl (C=O) groups is 1. The first kappa shape index (κ1) is 16.0. The van der Waals surface area contributed by atoms with Gasteiger partial charge in [-0.2, -0.15) is 5.10 Å². The van der Waals surface area contributed by atoms with Gasteiger partial charge in [0.1, 0.15) is 5.75 Å². The fourth-order valence-corrected chi connectivity index (χ4v) is 1.51. The Balaban J connectivity index is 2.43. The first-order chi connectivity index (χ1) is 9.56. The zero-order valence-electron chi connectivity index (χ0n) is 12.6. The third-order valence-electron chi connectivity index (χ3n) is 3.21. The number of rotatable bonds is 7. The van der Waals surface area contributed by atoms with Crippen molar-refractivity contribution in [2.75, 3.05) is 19.0 Å².